The van der Waals surface area contributed by atoms with Crippen molar-refractivity contribution < 1.29 is 0 Å². The minimum absolute atomic E-state index is 0.387. The number of halogens is 2. The third-order valence-electron chi connectivity index (χ3n) is 2.46. The fourth-order valence-corrected chi connectivity index (χ4v) is 3.62. The van der Waals surface area contributed by atoms with Crippen LogP contribution in [0.5, 0.6) is 0 Å². The molecule has 2 rings (SSSR count). The van der Waals surface area contributed by atoms with E-state index in [0.29, 0.717) is 20.8 Å². The van der Waals surface area contributed by atoms with Crippen molar-refractivity contribution in [3.63, 3.8) is 0 Å². The van der Waals surface area contributed by atoms with Crippen molar-refractivity contribution in [2.24, 2.45) is 0 Å². The van der Waals surface area contributed by atoms with Crippen LogP contribution in [0.4, 0.5) is 5.69 Å². The molecule has 0 N–H and O–H groups in total. The highest BCUT2D eigenvalue weighted by atomic mass is 35.5. The van der Waals surface area contributed by atoms with Crippen LogP contribution in [0, 0.1) is 0 Å². The molecular weight excluding hydrogens is 265 g/mol. The summed E-state index contributed by atoms with van der Waals surface area (Å²) in [5.74, 6) is 0. The van der Waals surface area contributed by atoms with E-state index in [1.54, 1.807) is 6.07 Å². The Morgan fingerprint density at radius 1 is 1.25 bits per heavy atom. The fraction of sp³-hybridized carbons (Fsp3) is 0.600. The van der Waals surface area contributed by atoms with E-state index in [-0.39, 0.29) is 0 Å². The van der Waals surface area contributed by atoms with Crippen LogP contribution < -0.4 is 4.90 Å². The first-order chi connectivity index (χ1) is 7.56. The summed E-state index contributed by atoms with van der Waals surface area (Å²) in [6.07, 6.45) is 0. The van der Waals surface area contributed by atoms with Crippen molar-refractivity contribution >= 4 is 40.7 Å². The van der Waals surface area contributed by atoms with Crippen LogP contribution in [0.2, 0.25) is 10.3 Å². The monoisotopic (exact) mass is 277 g/mol. The number of aromatic nitrogens is 2. The Labute approximate surface area is 110 Å². The highest BCUT2D eigenvalue weighted by Gasteiger charge is 2.24. The van der Waals surface area contributed by atoms with E-state index in [1.807, 2.05) is 11.8 Å². The summed E-state index contributed by atoms with van der Waals surface area (Å²) >= 11 is 13.9. The van der Waals surface area contributed by atoms with Gasteiger partial charge in [0.05, 0.1) is 5.69 Å². The molecule has 1 aromatic rings. The van der Waals surface area contributed by atoms with Gasteiger partial charge in [0, 0.05) is 29.7 Å². The maximum absolute atomic E-state index is 6.04. The van der Waals surface area contributed by atoms with Gasteiger partial charge >= 0.3 is 0 Å². The van der Waals surface area contributed by atoms with Gasteiger partial charge in [-0.15, -0.1) is 10.2 Å². The van der Waals surface area contributed by atoms with Crippen molar-refractivity contribution in [3.8, 4) is 0 Å². The molecular formula is C10H13Cl2N3S. The zero-order valence-electron chi connectivity index (χ0n) is 9.15. The molecule has 2 atom stereocenters. The number of hydrogen-bond donors (Lipinski definition) is 0. The topological polar surface area (TPSA) is 29.0 Å². The molecule has 1 fully saturated rings. The Kier molecular flexibility index (Phi) is 3.82. The van der Waals surface area contributed by atoms with Gasteiger partial charge in [-0.3, -0.25) is 0 Å². The van der Waals surface area contributed by atoms with Crippen LogP contribution >= 0.6 is 35.0 Å². The lowest BCUT2D eigenvalue weighted by Crippen LogP contribution is -2.40. The van der Waals surface area contributed by atoms with Gasteiger partial charge in [-0.05, 0) is 0 Å². The minimum Gasteiger partial charge on any atom is -0.367 e. The molecule has 1 aromatic heterocycles. The number of nitrogens with zero attached hydrogens (tertiary/aromatic N) is 3. The summed E-state index contributed by atoms with van der Waals surface area (Å²) in [4.78, 5) is 2.23. The Morgan fingerprint density at radius 3 is 2.50 bits per heavy atom. The number of hydrogen-bond acceptors (Lipinski definition) is 4. The van der Waals surface area contributed by atoms with Crippen LogP contribution in [0.3, 0.4) is 0 Å². The maximum atomic E-state index is 6.04. The molecule has 16 heavy (non-hydrogen) atoms. The second kappa shape index (κ2) is 4.98. The number of rotatable bonds is 1. The van der Waals surface area contributed by atoms with Gasteiger partial charge in [-0.25, -0.2) is 0 Å². The molecule has 0 bridgehead atoms. The molecule has 6 heteroatoms. The van der Waals surface area contributed by atoms with E-state index in [1.165, 1.54) is 0 Å². The van der Waals surface area contributed by atoms with Crippen LogP contribution in [-0.2, 0) is 0 Å². The first-order valence-electron chi connectivity index (χ1n) is 5.15. The molecule has 0 aromatic carbocycles. The van der Waals surface area contributed by atoms with Gasteiger partial charge in [0.15, 0.2) is 10.3 Å². The Morgan fingerprint density at radius 2 is 1.88 bits per heavy atom. The van der Waals surface area contributed by atoms with Crippen LogP contribution in [-0.4, -0.2) is 33.8 Å². The first kappa shape index (κ1) is 12.3. The molecule has 1 aliphatic heterocycles. The number of anilines is 1. The molecule has 2 unspecified atom stereocenters. The second-order valence-corrected chi connectivity index (χ2v) is 6.63. The molecule has 88 valence electrons. The van der Waals surface area contributed by atoms with E-state index in [2.05, 4.69) is 28.9 Å². The molecule has 0 aliphatic carbocycles. The van der Waals surface area contributed by atoms with E-state index >= 15 is 0 Å². The van der Waals surface area contributed by atoms with E-state index in [9.17, 15) is 0 Å². The van der Waals surface area contributed by atoms with Crippen molar-refractivity contribution in [2.75, 3.05) is 18.0 Å². The van der Waals surface area contributed by atoms with Crippen LogP contribution in [0.1, 0.15) is 13.8 Å². The number of thioether (sulfide) groups is 1. The average Bonchev–Trinajstić information content (AvgIpc) is 2.20. The van der Waals surface area contributed by atoms with Crippen molar-refractivity contribution in [3.05, 3.63) is 16.4 Å². The predicted octanol–water partition coefficient (Wildman–Crippen LogP) is 3.11. The fourth-order valence-electron chi connectivity index (χ4n) is 1.94. The van der Waals surface area contributed by atoms with Gasteiger partial charge in [0.25, 0.3) is 0 Å². The molecule has 2 heterocycles. The summed E-state index contributed by atoms with van der Waals surface area (Å²) in [6.45, 7) is 6.38. The quantitative estimate of drug-likeness (QED) is 0.789. The molecule has 0 saturated carbocycles. The Hall–Kier alpha value is -0.190. The standard InChI is InChI=1S/C10H13Cl2N3S/c1-6-4-15(5-7(2)16-6)8-3-9(11)13-14-10(8)12/h3,6-7H,4-5H2,1-2H3. The first-order valence-corrected chi connectivity index (χ1v) is 6.85. The van der Waals surface area contributed by atoms with Crippen molar-refractivity contribution in [1.29, 1.82) is 0 Å². The SMILES string of the molecule is CC1CN(c2cc(Cl)nnc2Cl)CC(C)S1. The summed E-state index contributed by atoms with van der Waals surface area (Å²) in [5, 5.41) is 9.56. The zero-order chi connectivity index (χ0) is 11.7. The molecule has 3 nitrogen and oxygen atoms in total. The van der Waals surface area contributed by atoms with Crippen LogP contribution in [0.15, 0.2) is 6.07 Å². The molecule has 0 amide bonds. The third kappa shape index (κ3) is 2.73. The Balaban J connectivity index is 2.25. The van der Waals surface area contributed by atoms with Crippen molar-refractivity contribution in [2.45, 2.75) is 24.3 Å². The molecule has 0 spiro atoms. The predicted molar refractivity (Wildman–Crippen MR) is 70.8 cm³/mol. The second-order valence-electron chi connectivity index (χ2n) is 4.01. The van der Waals surface area contributed by atoms with Gasteiger partial charge < -0.3 is 4.90 Å². The van der Waals surface area contributed by atoms with E-state index in [4.69, 9.17) is 23.2 Å². The largest absolute Gasteiger partial charge is 0.367 e. The molecule has 0 radical (unpaired) electrons. The smallest absolute Gasteiger partial charge is 0.175 e. The highest BCUT2D eigenvalue weighted by Crippen LogP contribution is 2.32. The van der Waals surface area contributed by atoms with Gasteiger partial charge in [0.2, 0.25) is 0 Å². The zero-order valence-corrected chi connectivity index (χ0v) is 11.5. The molecule has 1 aliphatic rings. The van der Waals surface area contributed by atoms with Crippen LogP contribution in [0.25, 0.3) is 0 Å². The lowest BCUT2D eigenvalue weighted by molar-refractivity contribution is 0.725. The lowest BCUT2D eigenvalue weighted by Gasteiger charge is -2.36. The maximum Gasteiger partial charge on any atom is 0.175 e. The van der Waals surface area contributed by atoms with E-state index < -0.39 is 0 Å². The summed E-state index contributed by atoms with van der Waals surface area (Å²) < 4.78 is 0. The van der Waals surface area contributed by atoms with Gasteiger partial charge in [-0.2, -0.15) is 11.8 Å². The summed E-state index contributed by atoms with van der Waals surface area (Å²) in [7, 11) is 0. The third-order valence-corrected chi connectivity index (χ3v) is 4.14. The normalized spacial score (nSPS) is 25.9. The summed E-state index contributed by atoms with van der Waals surface area (Å²) in [5.41, 5.74) is 0.890. The molecule has 1 saturated heterocycles. The van der Waals surface area contributed by atoms with Crippen molar-refractivity contribution in [1.82, 2.24) is 10.2 Å². The highest BCUT2D eigenvalue weighted by molar-refractivity contribution is 8.00. The minimum atomic E-state index is 0.387. The van der Waals surface area contributed by atoms with E-state index in [0.717, 1.165) is 18.8 Å². The lowest BCUT2D eigenvalue weighted by atomic mass is 10.3. The average molecular weight is 278 g/mol. The van der Waals surface area contributed by atoms with Gasteiger partial charge in [-0.1, -0.05) is 37.0 Å². The summed E-state index contributed by atoms with van der Waals surface area (Å²) in [6, 6.07) is 1.78. The van der Waals surface area contributed by atoms with Gasteiger partial charge in [0.1, 0.15) is 0 Å². The Bertz CT molecular complexity index is 378.